The molecular weight excluding hydrogens is 340 g/mol. The maximum atomic E-state index is 11.7. The van der Waals surface area contributed by atoms with Crippen LogP contribution in [0.1, 0.15) is 22.7 Å². The van der Waals surface area contributed by atoms with E-state index in [9.17, 15) is 15.2 Å². The third-order valence-electron chi connectivity index (χ3n) is 4.10. The molecule has 0 spiro atoms. The number of rotatable bonds is 4. The van der Waals surface area contributed by atoms with Crippen molar-refractivity contribution in [2.45, 2.75) is 12.3 Å². The van der Waals surface area contributed by atoms with Crippen LogP contribution in [-0.4, -0.2) is 35.5 Å². The van der Waals surface area contributed by atoms with Crippen LogP contribution in [0.15, 0.2) is 29.7 Å². The number of hydrogen-bond donors (Lipinski definition) is 3. The molecule has 1 aliphatic rings. The van der Waals surface area contributed by atoms with Crippen molar-refractivity contribution in [2.24, 2.45) is 5.73 Å². The first kappa shape index (κ1) is 17.2. The molecule has 2 aromatic rings. The Morgan fingerprint density at radius 3 is 2.88 bits per heavy atom. The molecule has 0 radical (unpaired) electrons. The summed E-state index contributed by atoms with van der Waals surface area (Å²) in [7, 11) is 2.71. The summed E-state index contributed by atoms with van der Waals surface area (Å²) >= 11 is 0. The molecule has 1 aromatic carbocycles. The van der Waals surface area contributed by atoms with Crippen molar-refractivity contribution < 1.29 is 24.1 Å². The van der Waals surface area contributed by atoms with Gasteiger partial charge in [-0.2, -0.15) is 5.26 Å². The van der Waals surface area contributed by atoms with Crippen LogP contribution in [0.2, 0.25) is 0 Å². The number of phenols is 1. The number of H-pyrrole nitrogens is 1. The average Bonchev–Trinajstić information content (AvgIpc) is 3.02. The molecule has 1 aliphatic heterocycles. The van der Waals surface area contributed by atoms with Crippen molar-refractivity contribution in [3.8, 4) is 23.4 Å². The second kappa shape index (κ2) is 6.68. The van der Waals surface area contributed by atoms with E-state index in [4.69, 9.17) is 19.9 Å². The number of hydrogen-bond acceptors (Lipinski definition) is 8. The Morgan fingerprint density at radius 2 is 2.27 bits per heavy atom. The van der Waals surface area contributed by atoms with Crippen LogP contribution in [0.3, 0.4) is 0 Å². The van der Waals surface area contributed by atoms with E-state index in [1.165, 1.54) is 20.3 Å². The minimum atomic E-state index is -0.668. The van der Waals surface area contributed by atoms with Gasteiger partial charge in [0.25, 0.3) is 0 Å². The van der Waals surface area contributed by atoms with Gasteiger partial charge in [-0.3, -0.25) is 9.89 Å². The second-order valence-electron chi connectivity index (χ2n) is 5.53. The van der Waals surface area contributed by atoms with E-state index < -0.39 is 11.9 Å². The van der Waals surface area contributed by atoms with Crippen molar-refractivity contribution in [1.29, 1.82) is 5.26 Å². The minimum Gasteiger partial charge on any atom is -0.504 e. The Morgan fingerprint density at radius 1 is 1.50 bits per heavy atom. The van der Waals surface area contributed by atoms with Crippen molar-refractivity contribution in [3.05, 3.63) is 46.5 Å². The quantitative estimate of drug-likeness (QED) is 0.690. The highest BCUT2D eigenvalue weighted by Crippen LogP contribution is 2.44. The van der Waals surface area contributed by atoms with Crippen LogP contribution in [0.25, 0.3) is 0 Å². The molecule has 9 heteroatoms. The number of benzene rings is 1. The molecule has 0 amide bonds. The predicted molar refractivity (Wildman–Crippen MR) is 88.3 cm³/mol. The molecule has 0 saturated heterocycles. The van der Waals surface area contributed by atoms with Gasteiger partial charge in [0.2, 0.25) is 11.8 Å². The summed E-state index contributed by atoms with van der Waals surface area (Å²) in [5.74, 6) is -0.865. The van der Waals surface area contributed by atoms with Crippen LogP contribution in [0, 0.1) is 11.3 Å². The molecule has 3 rings (SSSR count). The number of fused-ring (bicyclic) bond motifs is 1. The van der Waals surface area contributed by atoms with Crippen LogP contribution in [0.5, 0.6) is 17.4 Å². The number of carbonyl (C=O) groups excluding carboxylic acids is 1. The Bertz CT molecular complexity index is 941. The molecule has 2 heterocycles. The lowest BCUT2D eigenvalue weighted by Gasteiger charge is -2.24. The SMILES string of the molecule is COC(=O)Cc1[nH]nc2c1C(c1ccc(OC)c(O)c1)C(C#N)=C(N)O2. The van der Waals surface area contributed by atoms with Crippen molar-refractivity contribution in [3.63, 3.8) is 0 Å². The fourth-order valence-corrected chi connectivity index (χ4v) is 2.88. The van der Waals surface area contributed by atoms with E-state index in [1.807, 2.05) is 6.07 Å². The molecule has 0 aliphatic carbocycles. The Labute approximate surface area is 148 Å². The first-order valence-corrected chi connectivity index (χ1v) is 7.58. The number of nitrogens with zero attached hydrogens (tertiary/aromatic N) is 2. The molecule has 0 bridgehead atoms. The number of ether oxygens (including phenoxy) is 3. The monoisotopic (exact) mass is 356 g/mol. The molecule has 1 atom stereocenters. The third-order valence-corrected chi connectivity index (χ3v) is 4.10. The molecule has 1 aromatic heterocycles. The first-order valence-electron chi connectivity index (χ1n) is 7.58. The number of esters is 1. The average molecular weight is 356 g/mol. The van der Waals surface area contributed by atoms with Gasteiger partial charge in [-0.15, -0.1) is 5.10 Å². The Hall–Kier alpha value is -3.67. The van der Waals surface area contributed by atoms with E-state index in [0.717, 1.165) is 0 Å². The largest absolute Gasteiger partial charge is 0.504 e. The lowest BCUT2D eigenvalue weighted by Crippen LogP contribution is -2.21. The summed E-state index contributed by atoms with van der Waals surface area (Å²) in [6, 6.07) is 6.77. The molecule has 0 saturated carbocycles. The molecule has 4 N–H and O–H groups in total. The summed E-state index contributed by atoms with van der Waals surface area (Å²) in [5, 5.41) is 26.4. The molecule has 26 heavy (non-hydrogen) atoms. The van der Waals surface area contributed by atoms with Crippen LogP contribution < -0.4 is 15.2 Å². The van der Waals surface area contributed by atoms with Crippen LogP contribution in [0.4, 0.5) is 0 Å². The molecular formula is C17H16N4O5. The van der Waals surface area contributed by atoms with Gasteiger partial charge in [-0.1, -0.05) is 6.07 Å². The summed E-state index contributed by atoms with van der Waals surface area (Å²) in [5.41, 5.74) is 7.51. The van der Waals surface area contributed by atoms with Gasteiger partial charge >= 0.3 is 5.97 Å². The van der Waals surface area contributed by atoms with Gasteiger partial charge in [0.05, 0.1) is 37.8 Å². The van der Waals surface area contributed by atoms with Crippen LogP contribution in [-0.2, 0) is 16.0 Å². The van der Waals surface area contributed by atoms with E-state index in [2.05, 4.69) is 10.2 Å². The highest BCUT2D eigenvalue weighted by molar-refractivity contribution is 5.73. The number of aromatic amines is 1. The number of aromatic nitrogens is 2. The second-order valence-corrected chi connectivity index (χ2v) is 5.53. The van der Waals surface area contributed by atoms with Crippen LogP contribution >= 0.6 is 0 Å². The number of nitrogens with two attached hydrogens (primary N) is 1. The van der Waals surface area contributed by atoms with Crippen molar-refractivity contribution in [1.82, 2.24) is 10.2 Å². The van der Waals surface area contributed by atoms with Gasteiger partial charge < -0.3 is 25.1 Å². The predicted octanol–water partition coefficient (Wildman–Crippen LogP) is 1.06. The third kappa shape index (κ3) is 2.77. The number of aromatic hydroxyl groups is 1. The lowest BCUT2D eigenvalue weighted by molar-refractivity contribution is -0.139. The van der Waals surface area contributed by atoms with Crippen molar-refractivity contribution in [2.75, 3.05) is 14.2 Å². The zero-order valence-electron chi connectivity index (χ0n) is 14.1. The topological polar surface area (TPSA) is 143 Å². The summed E-state index contributed by atoms with van der Waals surface area (Å²) in [6.45, 7) is 0. The number of carbonyl (C=O) groups is 1. The standard InChI is InChI=1S/C17H16N4O5/c1-24-12-4-3-8(5-11(12)22)14-9(7-18)16(19)26-17-15(14)10(20-21-17)6-13(23)25-2/h3-5,14,22H,6,19H2,1-2H3,(H,20,21). The van der Waals surface area contributed by atoms with Gasteiger partial charge in [-0.05, 0) is 17.7 Å². The first-order chi connectivity index (χ1) is 12.5. The zero-order chi connectivity index (χ0) is 18.8. The molecule has 0 fully saturated rings. The number of nitriles is 1. The van der Waals surface area contributed by atoms with E-state index in [-0.39, 0.29) is 29.5 Å². The summed E-state index contributed by atoms with van der Waals surface area (Å²) in [6.07, 6.45) is -0.0839. The molecule has 9 nitrogen and oxygen atoms in total. The summed E-state index contributed by atoms with van der Waals surface area (Å²) in [4.78, 5) is 11.7. The Balaban J connectivity index is 2.16. The zero-order valence-corrected chi connectivity index (χ0v) is 14.1. The maximum Gasteiger partial charge on any atom is 0.311 e. The minimum absolute atomic E-state index is 0.0839. The van der Waals surface area contributed by atoms with Gasteiger partial charge in [-0.25, -0.2) is 0 Å². The van der Waals surface area contributed by atoms with E-state index in [1.54, 1.807) is 12.1 Å². The normalized spacial score (nSPS) is 15.7. The fraction of sp³-hybridized carbons (Fsp3) is 0.235. The van der Waals surface area contributed by atoms with E-state index >= 15 is 0 Å². The highest BCUT2D eigenvalue weighted by atomic mass is 16.5. The number of phenolic OH excluding ortho intramolecular Hbond substituents is 1. The lowest BCUT2D eigenvalue weighted by atomic mass is 9.83. The maximum absolute atomic E-state index is 11.7. The van der Waals surface area contributed by atoms with E-state index in [0.29, 0.717) is 22.6 Å². The van der Waals surface area contributed by atoms with Gasteiger partial charge in [0.15, 0.2) is 11.5 Å². The smallest absolute Gasteiger partial charge is 0.311 e. The number of methoxy groups -OCH3 is 2. The summed E-state index contributed by atoms with van der Waals surface area (Å²) < 4.78 is 15.2. The number of allylic oxidation sites excluding steroid dienone is 1. The van der Waals surface area contributed by atoms with Crippen molar-refractivity contribution >= 4 is 5.97 Å². The van der Waals surface area contributed by atoms with Gasteiger partial charge in [0.1, 0.15) is 11.6 Å². The van der Waals surface area contributed by atoms with Gasteiger partial charge in [0, 0.05) is 0 Å². The molecule has 1 unspecified atom stereocenters. The Kier molecular flexibility index (Phi) is 4.41. The fourth-order valence-electron chi connectivity index (χ4n) is 2.88. The number of nitrogens with one attached hydrogen (secondary N) is 1. The molecule has 134 valence electrons. The highest BCUT2D eigenvalue weighted by Gasteiger charge is 2.36.